The highest BCUT2D eigenvalue weighted by Crippen LogP contribution is 2.13. The Kier molecular flexibility index (Phi) is 5.16. The predicted molar refractivity (Wildman–Crippen MR) is 77.4 cm³/mol. The van der Waals surface area contributed by atoms with Crippen LogP contribution in [0.15, 0.2) is 54.6 Å². The van der Waals surface area contributed by atoms with Crippen molar-refractivity contribution in [1.82, 2.24) is 0 Å². The van der Waals surface area contributed by atoms with E-state index in [1.165, 1.54) is 0 Å². The Balaban J connectivity index is 1.81. The fourth-order valence-electron chi connectivity index (χ4n) is 1.93. The van der Waals surface area contributed by atoms with E-state index >= 15 is 0 Å². The number of hydrogen-bond acceptors (Lipinski definition) is 3. The number of rotatable bonds is 6. The van der Waals surface area contributed by atoms with Crippen molar-refractivity contribution in [2.45, 2.75) is 18.9 Å². The van der Waals surface area contributed by atoms with Gasteiger partial charge in [0.15, 0.2) is 0 Å². The number of nitrogens with zero attached hydrogens (tertiary/aromatic N) is 1. The van der Waals surface area contributed by atoms with Crippen molar-refractivity contribution in [3.05, 3.63) is 65.7 Å². The molecule has 0 heterocycles. The smallest absolute Gasteiger partial charge is 0.119 e. The van der Waals surface area contributed by atoms with Gasteiger partial charge in [0, 0.05) is 6.42 Å². The SMILES string of the molecule is N#CCc1ccc(OCC(O)Cc2ccccc2)cc1. The maximum Gasteiger partial charge on any atom is 0.119 e. The average Bonchev–Trinajstić information content (AvgIpc) is 2.48. The van der Waals surface area contributed by atoms with Gasteiger partial charge in [-0.1, -0.05) is 42.5 Å². The van der Waals surface area contributed by atoms with Crippen LogP contribution in [-0.2, 0) is 12.8 Å². The molecule has 3 heteroatoms. The Morgan fingerprint density at radius 3 is 2.35 bits per heavy atom. The average molecular weight is 267 g/mol. The van der Waals surface area contributed by atoms with Crippen LogP contribution in [0.2, 0.25) is 0 Å². The number of hydrogen-bond donors (Lipinski definition) is 1. The Bertz CT molecular complexity index is 558. The van der Waals surface area contributed by atoms with Crippen molar-refractivity contribution in [2.24, 2.45) is 0 Å². The zero-order chi connectivity index (χ0) is 14.2. The third kappa shape index (κ3) is 4.42. The Morgan fingerprint density at radius 1 is 1.00 bits per heavy atom. The lowest BCUT2D eigenvalue weighted by Gasteiger charge is -2.12. The summed E-state index contributed by atoms with van der Waals surface area (Å²) in [5.41, 5.74) is 2.05. The lowest BCUT2D eigenvalue weighted by atomic mass is 10.1. The third-order valence-corrected chi connectivity index (χ3v) is 2.96. The van der Waals surface area contributed by atoms with Crippen molar-refractivity contribution in [3.63, 3.8) is 0 Å². The van der Waals surface area contributed by atoms with Crippen molar-refractivity contribution < 1.29 is 9.84 Å². The van der Waals surface area contributed by atoms with Gasteiger partial charge in [0.1, 0.15) is 12.4 Å². The second-order valence-electron chi connectivity index (χ2n) is 4.63. The topological polar surface area (TPSA) is 53.2 Å². The van der Waals surface area contributed by atoms with Gasteiger partial charge in [-0.15, -0.1) is 0 Å². The normalized spacial score (nSPS) is 11.6. The molecule has 0 spiro atoms. The highest BCUT2D eigenvalue weighted by atomic mass is 16.5. The van der Waals surface area contributed by atoms with Crippen LogP contribution < -0.4 is 4.74 Å². The molecule has 0 aliphatic carbocycles. The summed E-state index contributed by atoms with van der Waals surface area (Å²) in [6.45, 7) is 0.256. The summed E-state index contributed by atoms with van der Waals surface area (Å²) < 4.78 is 5.54. The molecule has 0 aliphatic heterocycles. The van der Waals surface area contributed by atoms with Crippen LogP contribution in [0.3, 0.4) is 0 Å². The minimum Gasteiger partial charge on any atom is -0.491 e. The monoisotopic (exact) mass is 267 g/mol. The first kappa shape index (κ1) is 14.1. The minimum absolute atomic E-state index is 0.256. The lowest BCUT2D eigenvalue weighted by Crippen LogP contribution is -2.20. The quantitative estimate of drug-likeness (QED) is 0.875. The third-order valence-electron chi connectivity index (χ3n) is 2.96. The maximum absolute atomic E-state index is 9.93. The summed E-state index contributed by atoms with van der Waals surface area (Å²) >= 11 is 0. The summed E-state index contributed by atoms with van der Waals surface area (Å²) in [5.74, 6) is 0.707. The molecule has 2 aromatic rings. The minimum atomic E-state index is -0.531. The zero-order valence-corrected chi connectivity index (χ0v) is 11.2. The predicted octanol–water partition coefficient (Wildman–Crippen LogP) is 2.74. The van der Waals surface area contributed by atoms with Crippen molar-refractivity contribution >= 4 is 0 Å². The van der Waals surface area contributed by atoms with Gasteiger partial charge in [-0.25, -0.2) is 0 Å². The standard InChI is InChI=1S/C17H17NO2/c18-11-10-14-6-8-17(9-7-14)20-13-16(19)12-15-4-2-1-3-5-15/h1-9,16,19H,10,12-13H2. The van der Waals surface area contributed by atoms with Gasteiger partial charge in [-0.2, -0.15) is 5.26 Å². The molecular weight excluding hydrogens is 250 g/mol. The molecule has 2 aromatic carbocycles. The van der Waals surface area contributed by atoms with Crippen molar-refractivity contribution in [1.29, 1.82) is 5.26 Å². The number of benzene rings is 2. The van der Waals surface area contributed by atoms with Gasteiger partial charge < -0.3 is 9.84 Å². The van der Waals surface area contributed by atoms with Gasteiger partial charge in [0.25, 0.3) is 0 Å². The van der Waals surface area contributed by atoms with E-state index in [0.29, 0.717) is 18.6 Å². The molecule has 102 valence electrons. The summed E-state index contributed by atoms with van der Waals surface area (Å²) in [4.78, 5) is 0. The van der Waals surface area contributed by atoms with E-state index < -0.39 is 6.10 Å². The molecular formula is C17H17NO2. The summed E-state index contributed by atoms with van der Waals surface area (Å²) in [7, 11) is 0. The second-order valence-corrected chi connectivity index (χ2v) is 4.63. The van der Waals surface area contributed by atoms with Crippen LogP contribution in [0.5, 0.6) is 5.75 Å². The summed E-state index contributed by atoms with van der Waals surface area (Å²) in [6, 6.07) is 19.3. The zero-order valence-electron chi connectivity index (χ0n) is 11.2. The van der Waals surface area contributed by atoms with Crippen LogP contribution in [0, 0.1) is 11.3 Å². The fraction of sp³-hybridized carbons (Fsp3) is 0.235. The molecule has 0 amide bonds. The first-order valence-electron chi connectivity index (χ1n) is 6.58. The highest BCUT2D eigenvalue weighted by molar-refractivity contribution is 5.28. The number of ether oxygens (including phenoxy) is 1. The Labute approximate surface area is 119 Å². The maximum atomic E-state index is 9.93. The van der Waals surface area contributed by atoms with Crippen LogP contribution in [0.25, 0.3) is 0 Å². The molecule has 1 atom stereocenters. The Hall–Kier alpha value is -2.31. The van der Waals surface area contributed by atoms with Gasteiger partial charge in [-0.3, -0.25) is 0 Å². The highest BCUT2D eigenvalue weighted by Gasteiger charge is 2.06. The molecule has 2 rings (SSSR count). The van der Waals surface area contributed by atoms with Gasteiger partial charge in [0.2, 0.25) is 0 Å². The van der Waals surface area contributed by atoms with E-state index in [-0.39, 0.29) is 6.61 Å². The number of nitriles is 1. The summed E-state index contributed by atoms with van der Waals surface area (Å²) in [6.07, 6.45) is 0.445. The van der Waals surface area contributed by atoms with Crippen LogP contribution in [0.1, 0.15) is 11.1 Å². The van der Waals surface area contributed by atoms with Gasteiger partial charge in [0.05, 0.1) is 18.6 Å². The van der Waals surface area contributed by atoms with Crippen LogP contribution in [0.4, 0.5) is 0 Å². The van der Waals surface area contributed by atoms with Crippen molar-refractivity contribution in [2.75, 3.05) is 6.61 Å². The molecule has 20 heavy (non-hydrogen) atoms. The van der Waals surface area contributed by atoms with Crippen LogP contribution in [-0.4, -0.2) is 17.8 Å². The first-order chi connectivity index (χ1) is 9.78. The molecule has 0 aromatic heterocycles. The van der Waals surface area contributed by atoms with E-state index in [9.17, 15) is 5.11 Å². The number of aliphatic hydroxyl groups excluding tert-OH is 1. The molecule has 0 aliphatic rings. The second kappa shape index (κ2) is 7.32. The molecule has 0 saturated heterocycles. The lowest BCUT2D eigenvalue weighted by molar-refractivity contribution is 0.108. The van der Waals surface area contributed by atoms with Crippen molar-refractivity contribution in [3.8, 4) is 11.8 Å². The van der Waals surface area contributed by atoms with E-state index in [4.69, 9.17) is 10.00 Å². The first-order valence-corrected chi connectivity index (χ1v) is 6.58. The van der Waals surface area contributed by atoms with Gasteiger partial charge >= 0.3 is 0 Å². The fourth-order valence-corrected chi connectivity index (χ4v) is 1.93. The molecule has 0 fully saturated rings. The van der Waals surface area contributed by atoms with E-state index in [1.807, 2.05) is 54.6 Å². The van der Waals surface area contributed by atoms with E-state index in [2.05, 4.69) is 6.07 Å². The van der Waals surface area contributed by atoms with E-state index in [1.54, 1.807) is 0 Å². The van der Waals surface area contributed by atoms with Gasteiger partial charge in [-0.05, 0) is 23.3 Å². The van der Waals surface area contributed by atoms with E-state index in [0.717, 1.165) is 11.1 Å². The molecule has 1 unspecified atom stereocenters. The number of aliphatic hydroxyl groups is 1. The molecule has 0 radical (unpaired) electrons. The molecule has 3 nitrogen and oxygen atoms in total. The molecule has 0 saturated carbocycles. The molecule has 0 bridgehead atoms. The summed E-state index contributed by atoms with van der Waals surface area (Å²) in [5, 5.41) is 18.5. The molecule has 1 N–H and O–H groups in total. The Morgan fingerprint density at radius 2 is 1.70 bits per heavy atom. The largest absolute Gasteiger partial charge is 0.491 e. The van der Waals surface area contributed by atoms with Crippen LogP contribution >= 0.6 is 0 Å².